The smallest absolute Gasteiger partial charge is 0.250 e. The molecule has 1 heterocycles. The van der Waals surface area contributed by atoms with Crippen molar-refractivity contribution in [2.45, 2.75) is 22.9 Å². The highest BCUT2D eigenvalue weighted by Gasteiger charge is 2.41. The molecule has 0 spiro atoms. The Bertz CT molecular complexity index is 692. The van der Waals surface area contributed by atoms with E-state index >= 15 is 0 Å². The first-order valence-corrected chi connectivity index (χ1v) is 9.63. The molecule has 0 aliphatic rings. The molecule has 0 bridgehead atoms. The molecule has 3 unspecified atom stereocenters. The highest BCUT2D eigenvalue weighted by molar-refractivity contribution is 8.00. The fraction of sp³-hybridized carbons (Fsp3) is 0.533. The molecule has 0 saturated heterocycles. The van der Waals surface area contributed by atoms with Gasteiger partial charge in [0.25, 0.3) is 5.91 Å². The summed E-state index contributed by atoms with van der Waals surface area (Å²) in [6, 6.07) is 1.47. The Kier molecular flexibility index (Phi) is 9.47. The molecule has 0 saturated carbocycles. The molecule has 27 heavy (non-hydrogen) atoms. The van der Waals surface area contributed by atoms with Crippen molar-refractivity contribution in [3.8, 4) is 24.1 Å². The number of nitrogens with zero attached hydrogens (tertiary/aromatic N) is 2. The number of thioether (sulfide) groups is 1. The lowest BCUT2D eigenvalue weighted by Gasteiger charge is -2.35. The van der Waals surface area contributed by atoms with Gasteiger partial charge >= 0.3 is 0 Å². The van der Waals surface area contributed by atoms with Crippen LogP contribution in [0.5, 0.6) is 11.8 Å². The predicted octanol–water partition coefficient (Wildman–Crippen LogP) is -0.507. The van der Waals surface area contributed by atoms with E-state index in [1.54, 1.807) is 0 Å². The number of carbonyl (C=O) groups excluding carboxylic acids is 1. The van der Waals surface area contributed by atoms with Gasteiger partial charge in [0.05, 0.1) is 32.4 Å². The predicted molar refractivity (Wildman–Crippen MR) is 99.0 cm³/mol. The Morgan fingerprint density at radius 2 is 2.00 bits per heavy atom. The second kappa shape index (κ2) is 11.1. The summed E-state index contributed by atoms with van der Waals surface area (Å²) in [6.45, 7) is 1.59. The van der Waals surface area contributed by atoms with E-state index in [0.717, 1.165) is 11.8 Å². The summed E-state index contributed by atoms with van der Waals surface area (Å²) in [6.07, 6.45) is 5.13. The number of aromatic nitrogens is 2. The van der Waals surface area contributed by atoms with Crippen LogP contribution in [0.1, 0.15) is 6.92 Å². The van der Waals surface area contributed by atoms with Gasteiger partial charge in [0, 0.05) is 12.9 Å². The van der Waals surface area contributed by atoms with Crippen molar-refractivity contribution in [3.05, 3.63) is 6.07 Å². The number of terminal acetylenes is 1. The molecule has 0 aromatic carbocycles. The van der Waals surface area contributed by atoms with Gasteiger partial charge in [0.15, 0.2) is 5.16 Å². The van der Waals surface area contributed by atoms with Crippen molar-refractivity contribution in [1.82, 2.24) is 20.8 Å². The van der Waals surface area contributed by atoms with Gasteiger partial charge in [-0.15, -0.1) is 6.42 Å². The molecule has 0 aliphatic heterocycles. The van der Waals surface area contributed by atoms with E-state index in [-0.39, 0.29) is 23.5 Å². The van der Waals surface area contributed by atoms with Gasteiger partial charge in [-0.25, -0.2) is 5.43 Å². The molecule has 3 atom stereocenters. The molecule has 12 heteroatoms. The Morgan fingerprint density at radius 3 is 2.44 bits per heavy atom. The summed E-state index contributed by atoms with van der Waals surface area (Å²) in [5.41, 5.74) is 3.59. The molecule has 1 aromatic heterocycles. The third-order valence-corrected chi connectivity index (χ3v) is 5.52. The van der Waals surface area contributed by atoms with Crippen LogP contribution in [-0.4, -0.2) is 69.1 Å². The van der Waals surface area contributed by atoms with Gasteiger partial charge in [-0.3, -0.25) is 14.4 Å². The van der Waals surface area contributed by atoms with Crippen molar-refractivity contribution in [3.63, 3.8) is 0 Å². The highest BCUT2D eigenvalue weighted by Crippen LogP contribution is 2.33. The Hall–Kier alpha value is -1.91. The largest absolute Gasteiger partial charge is 0.772 e. The van der Waals surface area contributed by atoms with Crippen molar-refractivity contribution in [1.29, 1.82) is 0 Å². The third-order valence-electron chi connectivity index (χ3n) is 3.37. The van der Waals surface area contributed by atoms with Gasteiger partial charge in [-0.1, -0.05) is 28.8 Å². The summed E-state index contributed by atoms with van der Waals surface area (Å²) < 4.78 is 38.1. The average Bonchev–Trinajstić information content (AvgIpc) is 2.65. The number of rotatable bonds is 11. The summed E-state index contributed by atoms with van der Waals surface area (Å²) in [7, 11) is 4.16. The second-order valence-electron chi connectivity index (χ2n) is 5.24. The number of methoxy groups -OCH3 is 3. The molecular formula is C15H21N4O6S2-. The second-order valence-corrected chi connectivity index (χ2v) is 7.21. The van der Waals surface area contributed by atoms with E-state index in [0.29, 0.717) is 0 Å². The minimum absolute atomic E-state index is 0.0871. The number of ether oxygens (including phenoxy) is 3. The molecule has 0 aliphatic carbocycles. The van der Waals surface area contributed by atoms with Crippen LogP contribution in [0.15, 0.2) is 11.2 Å². The Morgan fingerprint density at radius 1 is 1.41 bits per heavy atom. The van der Waals surface area contributed by atoms with E-state index in [1.165, 1.54) is 34.3 Å². The van der Waals surface area contributed by atoms with Crippen LogP contribution in [0, 0.1) is 12.3 Å². The van der Waals surface area contributed by atoms with Crippen LogP contribution in [0.4, 0.5) is 0 Å². The number of amides is 1. The fourth-order valence-electron chi connectivity index (χ4n) is 1.93. The van der Waals surface area contributed by atoms with Crippen molar-refractivity contribution in [2.75, 3.05) is 33.6 Å². The number of carbonyl (C=O) groups is 1. The lowest BCUT2D eigenvalue weighted by Crippen LogP contribution is -2.54. The summed E-state index contributed by atoms with van der Waals surface area (Å²) in [5.74, 6) is 1.77. The van der Waals surface area contributed by atoms with Gasteiger partial charge in [-0.2, -0.15) is 9.97 Å². The number of hydrogen-bond acceptors (Lipinski definition) is 10. The molecule has 150 valence electrons. The van der Waals surface area contributed by atoms with Crippen LogP contribution in [0.3, 0.4) is 0 Å². The summed E-state index contributed by atoms with van der Waals surface area (Å²) in [5, 5.41) is -0.897. The van der Waals surface area contributed by atoms with Gasteiger partial charge in [0.2, 0.25) is 11.8 Å². The maximum atomic E-state index is 12.7. The first kappa shape index (κ1) is 23.1. The first-order valence-electron chi connectivity index (χ1n) is 7.50. The minimum Gasteiger partial charge on any atom is -0.772 e. The summed E-state index contributed by atoms with van der Waals surface area (Å²) >= 11 is -1.56. The normalized spacial score (nSPS) is 15.1. The van der Waals surface area contributed by atoms with Crippen molar-refractivity contribution in [2.24, 2.45) is 0 Å². The molecule has 10 nitrogen and oxygen atoms in total. The monoisotopic (exact) mass is 417 g/mol. The van der Waals surface area contributed by atoms with Gasteiger partial charge < -0.3 is 18.8 Å². The zero-order chi connectivity index (χ0) is 20.4. The van der Waals surface area contributed by atoms with E-state index < -0.39 is 33.6 Å². The molecular weight excluding hydrogens is 396 g/mol. The van der Waals surface area contributed by atoms with Crippen molar-refractivity contribution >= 4 is 28.7 Å². The molecule has 2 N–H and O–H groups in total. The molecule has 1 amide bonds. The van der Waals surface area contributed by atoms with E-state index in [1.807, 2.05) is 0 Å². The summed E-state index contributed by atoms with van der Waals surface area (Å²) in [4.78, 5) is 21.0. The molecule has 1 rings (SSSR count). The minimum atomic E-state index is -2.46. The fourth-order valence-corrected chi connectivity index (χ4v) is 3.88. The lowest BCUT2D eigenvalue weighted by atomic mass is 10.0. The van der Waals surface area contributed by atoms with Crippen LogP contribution in [-0.2, 0) is 20.6 Å². The standard InChI is InChI=1S/C15H22N4O6S2/c1-6-7-16-19-13(20)12(15(2,25-5)9-27(21)22)26-14-17-10(23-3)8-11(18-14)24-4/h1,8,12,16H,7,9H2,2-5H3,(H,19,20)(H,21,22)/p-1. The number of hydrogen-bond donors (Lipinski definition) is 2. The third kappa shape index (κ3) is 6.96. The quantitative estimate of drug-likeness (QED) is 0.121. The van der Waals surface area contributed by atoms with Crippen LogP contribution in [0.25, 0.3) is 0 Å². The molecule has 0 radical (unpaired) electrons. The van der Waals surface area contributed by atoms with E-state index in [9.17, 15) is 13.6 Å². The lowest BCUT2D eigenvalue weighted by molar-refractivity contribution is -0.125. The highest BCUT2D eigenvalue weighted by atomic mass is 32.2. The van der Waals surface area contributed by atoms with E-state index in [4.69, 9.17) is 20.6 Å². The maximum Gasteiger partial charge on any atom is 0.250 e. The van der Waals surface area contributed by atoms with Crippen LogP contribution < -0.4 is 20.3 Å². The molecule has 0 fully saturated rings. The first-order chi connectivity index (χ1) is 12.8. The van der Waals surface area contributed by atoms with Crippen LogP contribution >= 0.6 is 11.8 Å². The number of hydrazine groups is 1. The maximum absolute atomic E-state index is 12.7. The van der Waals surface area contributed by atoms with Crippen LogP contribution in [0.2, 0.25) is 0 Å². The van der Waals surface area contributed by atoms with Gasteiger partial charge in [-0.05, 0) is 6.92 Å². The average molecular weight is 417 g/mol. The van der Waals surface area contributed by atoms with Gasteiger partial charge in [0.1, 0.15) is 5.25 Å². The molecule has 1 aromatic rings. The number of nitrogens with one attached hydrogen (secondary N) is 2. The van der Waals surface area contributed by atoms with E-state index in [2.05, 4.69) is 26.7 Å². The van der Waals surface area contributed by atoms with Crippen molar-refractivity contribution < 1.29 is 27.8 Å². The zero-order valence-electron chi connectivity index (χ0n) is 15.3. The SMILES string of the molecule is C#CCNNC(=O)C(Sc1nc(OC)cc(OC)n1)C(C)(CS(=O)[O-])OC. The zero-order valence-corrected chi connectivity index (χ0v) is 16.9. The Labute approximate surface area is 164 Å². The Balaban J connectivity index is 3.22. The topological polar surface area (TPSA) is 135 Å².